The molecule has 0 unspecified atom stereocenters. The van der Waals surface area contributed by atoms with Gasteiger partial charge in [-0.05, 0) is 0 Å². The van der Waals surface area contributed by atoms with Crippen molar-refractivity contribution < 1.29 is 0 Å². The fourth-order valence-corrected chi connectivity index (χ4v) is 0.946. The lowest BCUT2D eigenvalue weighted by Crippen LogP contribution is -2.12. The second-order valence-corrected chi connectivity index (χ2v) is 2.22. The molecule has 2 heterocycles. The fraction of sp³-hybridized carbons (Fsp3) is 0.167. The third-order valence-corrected chi connectivity index (χ3v) is 1.53. The Morgan fingerprint density at radius 3 is 2.91 bits per heavy atom. The quantitative estimate of drug-likeness (QED) is 0.558. The first-order valence-electron chi connectivity index (χ1n) is 3.15. The maximum absolute atomic E-state index is 11.0. The Labute approximate surface area is 61.7 Å². The van der Waals surface area contributed by atoms with E-state index in [-0.39, 0.29) is 5.69 Å². The average molecular weight is 150 g/mol. The fourth-order valence-electron chi connectivity index (χ4n) is 0.946. The highest BCUT2D eigenvalue weighted by Gasteiger charge is 2.01. The normalized spacial score (nSPS) is 10.6. The minimum absolute atomic E-state index is 0.189. The third-order valence-electron chi connectivity index (χ3n) is 1.53. The zero-order valence-electron chi connectivity index (χ0n) is 5.90. The Balaban J connectivity index is 3.04. The minimum Gasteiger partial charge on any atom is -0.289 e. The molecular weight excluding hydrogens is 144 g/mol. The summed E-state index contributed by atoms with van der Waals surface area (Å²) in [6, 6.07) is 0. The minimum atomic E-state index is -0.189. The highest BCUT2D eigenvalue weighted by molar-refractivity contribution is 5.64. The second kappa shape index (κ2) is 1.91. The Bertz CT molecular complexity index is 441. The number of fused-ring (bicyclic) bond motifs is 1. The average Bonchev–Trinajstić information content (AvgIpc) is 2.30. The number of rotatable bonds is 0. The summed E-state index contributed by atoms with van der Waals surface area (Å²) in [5, 5.41) is 0. The Morgan fingerprint density at radius 2 is 2.18 bits per heavy atom. The summed E-state index contributed by atoms with van der Waals surface area (Å²) < 4.78 is 1.42. The van der Waals surface area contributed by atoms with E-state index < -0.39 is 0 Å². The molecular formula is C6H6N4O. The molecule has 11 heavy (non-hydrogen) atoms. The zero-order chi connectivity index (χ0) is 7.84. The molecule has 0 amide bonds. The number of nitrogens with one attached hydrogen (secondary N) is 1. The van der Waals surface area contributed by atoms with Crippen molar-refractivity contribution in [2.45, 2.75) is 0 Å². The summed E-state index contributed by atoms with van der Waals surface area (Å²) in [6.45, 7) is 0. The molecule has 5 heteroatoms. The van der Waals surface area contributed by atoms with Gasteiger partial charge in [0, 0.05) is 19.4 Å². The van der Waals surface area contributed by atoms with Crippen LogP contribution in [0.5, 0.6) is 0 Å². The van der Waals surface area contributed by atoms with Crippen LogP contribution in [0.3, 0.4) is 0 Å². The molecule has 2 aromatic heterocycles. The van der Waals surface area contributed by atoms with Crippen LogP contribution in [0.1, 0.15) is 0 Å². The van der Waals surface area contributed by atoms with E-state index in [1.807, 2.05) is 0 Å². The van der Waals surface area contributed by atoms with Gasteiger partial charge in [-0.15, -0.1) is 0 Å². The van der Waals surface area contributed by atoms with Crippen molar-refractivity contribution in [2.75, 3.05) is 0 Å². The number of aryl methyl sites for hydroxylation is 1. The number of hydrogen-bond donors (Lipinski definition) is 1. The lowest BCUT2D eigenvalue weighted by molar-refractivity contribution is 0.879. The molecule has 0 fully saturated rings. The zero-order valence-corrected chi connectivity index (χ0v) is 5.90. The van der Waals surface area contributed by atoms with E-state index in [4.69, 9.17) is 0 Å². The summed E-state index contributed by atoms with van der Waals surface area (Å²) in [4.78, 5) is 21.4. The van der Waals surface area contributed by atoms with E-state index in [1.54, 1.807) is 13.2 Å². The van der Waals surface area contributed by atoms with E-state index in [0.29, 0.717) is 11.3 Å². The van der Waals surface area contributed by atoms with Gasteiger partial charge in [-0.3, -0.25) is 9.55 Å². The molecule has 0 aromatic carbocycles. The van der Waals surface area contributed by atoms with Crippen LogP contribution in [0.2, 0.25) is 0 Å². The molecule has 0 saturated heterocycles. The van der Waals surface area contributed by atoms with Gasteiger partial charge in [0.2, 0.25) is 0 Å². The topological polar surface area (TPSA) is 63.6 Å². The number of aromatic nitrogens is 4. The van der Waals surface area contributed by atoms with Gasteiger partial charge < -0.3 is 0 Å². The molecule has 0 aliphatic rings. The summed E-state index contributed by atoms with van der Waals surface area (Å²) in [6.07, 6.45) is 3.09. The van der Waals surface area contributed by atoms with Crippen LogP contribution >= 0.6 is 0 Å². The van der Waals surface area contributed by atoms with Gasteiger partial charge >= 0.3 is 5.69 Å². The Hall–Kier alpha value is -1.65. The standard InChI is InChI=1S/C6H6N4O/c1-10-5-4(9-6(10)11)7-2-3-8-5/h2-3H,1H3,(H,7,9,11). The van der Waals surface area contributed by atoms with Gasteiger partial charge in [0.1, 0.15) is 0 Å². The van der Waals surface area contributed by atoms with E-state index in [2.05, 4.69) is 15.0 Å². The molecule has 0 saturated carbocycles. The summed E-state index contributed by atoms with van der Waals surface area (Å²) in [7, 11) is 1.65. The third kappa shape index (κ3) is 0.739. The van der Waals surface area contributed by atoms with Gasteiger partial charge in [0.15, 0.2) is 11.3 Å². The molecule has 2 aromatic rings. The molecule has 1 N–H and O–H groups in total. The van der Waals surface area contributed by atoms with E-state index in [0.717, 1.165) is 0 Å². The highest BCUT2D eigenvalue weighted by Crippen LogP contribution is 1.97. The SMILES string of the molecule is Cn1c(=O)[nH]c2nccnc21. The van der Waals surface area contributed by atoms with Gasteiger partial charge in [0.25, 0.3) is 0 Å². The smallest absolute Gasteiger partial charge is 0.289 e. The van der Waals surface area contributed by atoms with E-state index >= 15 is 0 Å². The van der Waals surface area contributed by atoms with Gasteiger partial charge in [-0.25, -0.2) is 14.8 Å². The number of hydrogen-bond acceptors (Lipinski definition) is 3. The van der Waals surface area contributed by atoms with Crippen LogP contribution in [0.4, 0.5) is 0 Å². The van der Waals surface area contributed by atoms with Crippen LogP contribution in [0, 0.1) is 0 Å². The van der Waals surface area contributed by atoms with Crippen molar-refractivity contribution >= 4 is 11.3 Å². The lowest BCUT2D eigenvalue weighted by Gasteiger charge is -1.87. The Kier molecular flexibility index (Phi) is 1.06. The van der Waals surface area contributed by atoms with Crippen molar-refractivity contribution in [1.29, 1.82) is 0 Å². The van der Waals surface area contributed by atoms with Gasteiger partial charge in [-0.2, -0.15) is 0 Å². The lowest BCUT2D eigenvalue weighted by atomic mass is 10.7. The molecule has 0 aliphatic carbocycles. The van der Waals surface area contributed by atoms with Gasteiger partial charge in [-0.1, -0.05) is 0 Å². The largest absolute Gasteiger partial charge is 0.328 e. The van der Waals surface area contributed by atoms with Gasteiger partial charge in [0.05, 0.1) is 0 Å². The van der Waals surface area contributed by atoms with Crippen molar-refractivity contribution in [1.82, 2.24) is 19.5 Å². The maximum atomic E-state index is 11.0. The monoisotopic (exact) mass is 150 g/mol. The first-order valence-corrected chi connectivity index (χ1v) is 3.15. The second-order valence-electron chi connectivity index (χ2n) is 2.22. The molecule has 0 radical (unpaired) electrons. The van der Waals surface area contributed by atoms with E-state index in [9.17, 15) is 4.79 Å². The van der Waals surface area contributed by atoms with Crippen molar-refractivity contribution in [3.8, 4) is 0 Å². The number of H-pyrrole nitrogens is 1. The van der Waals surface area contributed by atoms with Crippen molar-refractivity contribution in [3.63, 3.8) is 0 Å². The predicted octanol–water partition coefficient (Wildman–Crippen LogP) is -0.343. The van der Waals surface area contributed by atoms with Crippen LogP contribution in [0.25, 0.3) is 11.3 Å². The maximum Gasteiger partial charge on any atom is 0.328 e. The number of imidazole rings is 1. The molecule has 56 valence electrons. The first kappa shape index (κ1) is 6.09. The number of aromatic amines is 1. The Morgan fingerprint density at radius 1 is 1.45 bits per heavy atom. The van der Waals surface area contributed by atoms with E-state index in [1.165, 1.54) is 10.8 Å². The molecule has 0 atom stereocenters. The molecule has 0 spiro atoms. The highest BCUT2D eigenvalue weighted by atomic mass is 16.1. The molecule has 2 rings (SSSR count). The molecule has 5 nitrogen and oxygen atoms in total. The van der Waals surface area contributed by atoms with Crippen LogP contribution in [-0.2, 0) is 7.05 Å². The number of nitrogens with zero attached hydrogens (tertiary/aromatic N) is 3. The van der Waals surface area contributed by atoms with Crippen LogP contribution in [-0.4, -0.2) is 19.5 Å². The van der Waals surface area contributed by atoms with Crippen molar-refractivity contribution in [3.05, 3.63) is 22.9 Å². The summed E-state index contributed by atoms with van der Waals surface area (Å²) in [5.41, 5.74) is 0.920. The predicted molar refractivity (Wildman–Crippen MR) is 39.1 cm³/mol. The van der Waals surface area contributed by atoms with Crippen LogP contribution in [0.15, 0.2) is 17.2 Å². The van der Waals surface area contributed by atoms with Crippen LogP contribution < -0.4 is 5.69 Å². The summed E-state index contributed by atoms with van der Waals surface area (Å²) in [5.74, 6) is 0. The first-order chi connectivity index (χ1) is 5.29. The van der Waals surface area contributed by atoms with Crippen molar-refractivity contribution in [2.24, 2.45) is 7.05 Å². The molecule has 0 bridgehead atoms. The summed E-state index contributed by atoms with van der Waals surface area (Å²) >= 11 is 0. The molecule has 0 aliphatic heterocycles.